The van der Waals surface area contributed by atoms with E-state index in [1.165, 1.54) is 14.0 Å². The summed E-state index contributed by atoms with van der Waals surface area (Å²) in [6.07, 6.45) is 0. The Hall–Kier alpha value is -2.57. The molecule has 1 aromatic rings. The third-order valence-corrected chi connectivity index (χ3v) is 3.80. The van der Waals surface area contributed by atoms with Gasteiger partial charge in [-0.05, 0) is 18.4 Å². The van der Waals surface area contributed by atoms with E-state index in [9.17, 15) is 14.4 Å². The molecule has 0 spiro atoms. The van der Waals surface area contributed by atoms with Crippen LogP contribution in [0.15, 0.2) is 30.3 Å². The van der Waals surface area contributed by atoms with Crippen molar-refractivity contribution in [3.05, 3.63) is 35.9 Å². The third-order valence-electron chi connectivity index (χ3n) is 3.80. The molecule has 132 valence electrons. The molecule has 1 rings (SSSR count). The van der Waals surface area contributed by atoms with Crippen LogP contribution in [0, 0.1) is 5.92 Å². The number of carbonyl (C=O) groups is 3. The SMILES string of the molecule is CC(C)C(NC(=O)NCc1ccccc1)C(=O)N(C)C(C)C(=O)O. The standard InChI is InChI=1S/C17H25N3O4/c1-11(2)14(15(21)20(4)12(3)16(22)23)19-17(24)18-10-13-8-6-5-7-9-13/h5-9,11-12,14H,10H2,1-4H3,(H,22,23)(H2,18,19,24). The molecule has 1 aromatic carbocycles. The summed E-state index contributed by atoms with van der Waals surface area (Å²) in [5, 5.41) is 14.3. The lowest BCUT2D eigenvalue weighted by molar-refractivity contribution is -0.149. The Morgan fingerprint density at radius 1 is 1.12 bits per heavy atom. The molecule has 3 N–H and O–H groups in total. The van der Waals surface area contributed by atoms with Gasteiger partial charge in [-0.25, -0.2) is 9.59 Å². The van der Waals surface area contributed by atoms with Crippen molar-refractivity contribution in [1.29, 1.82) is 0 Å². The van der Waals surface area contributed by atoms with Crippen LogP contribution in [0.3, 0.4) is 0 Å². The predicted octanol–water partition coefficient (Wildman–Crippen LogP) is 1.44. The average Bonchev–Trinajstić information content (AvgIpc) is 2.56. The minimum Gasteiger partial charge on any atom is -0.480 e. The summed E-state index contributed by atoms with van der Waals surface area (Å²) in [6, 6.07) is 7.16. The summed E-state index contributed by atoms with van der Waals surface area (Å²) in [7, 11) is 1.42. The number of nitrogens with one attached hydrogen (secondary N) is 2. The molecule has 3 amide bonds. The van der Waals surface area contributed by atoms with Crippen LogP contribution in [-0.2, 0) is 16.1 Å². The Balaban J connectivity index is 2.66. The zero-order valence-corrected chi connectivity index (χ0v) is 14.4. The smallest absolute Gasteiger partial charge is 0.326 e. The summed E-state index contributed by atoms with van der Waals surface area (Å²) in [4.78, 5) is 36.7. The first-order chi connectivity index (χ1) is 11.2. The number of nitrogens with zero attached hydrogens (tertiary/aromatic N) is 1. The fourth-order valence-corrected chi connectivity index (χ4v) is 2.06. The molecular weight excluding hydrogens is 310 g/mol. The predicted molar refractivity (Wildman–Crippen MR) is 90.3 cm³/mol. The van der Waals surface area contributed by atoms with Gasteiger partial charge >= 0.3 is 12.0 Å². The second-order valence-corrected chi connectivity index (χ2v) is 6.00. The number of carboxylic acid groups (broad SMARTS) is 1. The molecule has 0 aliphatic heterocycles. The maximum Gasteiger partial charge on any atom is 0.326 e. The van der Waals surface area contributed by atoms with Gasteiger partial charge < -0.3 is 20.6 Å². The van der Waals surface area contributed by atoms with Gasteiger partial charge in [-0.2, -0.15) is 0 Å². The molecule has 2 atom stereocenters. The monoisotopic (exact) mass is 335 g/mol. The minimum absolute atomic E-state index is 0.177. The number of amides is 3. The highest BCUT2D eigenvalue weighted by Gasteiger charge is 2.31. The van der Waals surface area contributed by atoms with E-state index >= 15 is 0 Å². The number of aliphatic carboxylic acids is 1. The normalized spacial score (nSPS) is 13.0. The zero-order valence-electron chi connectivity index (χ0n) is 14.4. The minimum atomic E-state index is -1.10. The van der Waals surface area contributed by atoms with Crippen LogP contribution < -0.4 is 10.6 Å². The Morgan fingerprint density at radius 3 is 2.21 bits per heavy atom. The highest BCUT2D eigenvalue weighted by molar-refractivity contribution is 5.90. The molecule has 2 unspecified atom stereocenters. The first-order valence-electron chi connectivity index (χ1n) is 7.81. The average molecular weight is 335 g/mol. The fourth-order valence-electron chi connectivity index (χ4n) is 2.06. The van der Waals surface area contributed by atoms with E-state index in [4.69, 9.17) is 5.11 Å². The van der Waals surface area contributed by atoms with Crippen LogP contribution >= 0.6 is 0 Å². The number of carbonyl (C=O) groups excluding carboxylic acids is 2. The van der Waals surface area contributed by atoms with E-state index in [0.29, 0.717) is 6.54 Å². The van der Waals surface area contributed by atoms with Gasteiger partial charge in [0.05, 0.1) is 0 Å². The number of urea groups is 1. The van der Waals surface area contributed by atoms with Crippen molar-refractivity contribution >= 4 is 17.9 Å². The van der Waals surface area contributed by atoms with Crippen LogP contribution in [0.5, 0.6) is 0 Å². The first kappa shape index (κ1) is 19.5. The molecule has 0 heterocycles. The van der Waals surface area contributed by atoms with Crippen molar-refractivity contribution in [2.45, 2.75) is 39.4 Å². The van der Waals surface area contributed by atoms with E-state index in [-0.39, 0.29) is 5.92 Å². The lowest BCUT2D eigenvalue weighted by Crippen LogP contribution is -2.55. The summed E-state index contributed by atoms with van der Waals surface area (Å²) in [5.74, 6) is -1.71. The molecular formula is C17H25N3O4. The molecule has 0 aliphatic carbocycles. The topological polar surface area (TPSA) is 98.7 Å². The van der Waals surface area contributed by atoms with Crippen LogP contribution in [-0.4, -0.2) is 47.0 Å². The van der Waals surface area contributed by atoms with Crippen LogP contribution in [0.4, 0.5) is 4.79 Å². The van der Waals surface area contributed by atoms with Gasteiger partial charge in [0.2, 0.25) is 5.91 Å². The molecule has 7 heteroatoms. The summed E-state index contributed by atoms with van der Waals surface area (Å²) < 4.78 is 0. The Morgan fingerprint density at radius 2 is 1.71 bits per heavy atom. The second-order valence-electron chi connectivity index (χ2n) is 6.00. The number of hydrogen-bond acceptors (Lipinski definition) is 3. The van der Waals surface area contributed by atoms with Crippen molar-refractivity contribution in [2.24, 2.45) is 5.92 Å². The lowest BCUT2D eigenvalue weighted by Gasteiger charge is -2.29. The van der Waals surface area contributed by atoms with Crippen molar-refractivity contribution in [3.63, 3.8) is 0 Å². The van der Waals surface area contributed by atoms with E-state index in [2.05, 4.69) is 10.6 Å². The zero-order chi connectivity index (χ0) is 18.3. The Kier molecular flexibility index (Phi) is 7.23. The molecule has 0 fully saturated rings. The van der Waals surface area contributed by atoms with Gasteiger partial charge in [0, 0.05) is 13.6 Å². The molecule has 0 aliphatic rings. The summed E-state index contributed by atoms with van der Waals surface area (Å²) in [5.41, 5.74) is 0.941. The highest BCUT2D eigenvalue weighted by Crippen LogP contribution is 2.08. The first-order valence-corrected chi connectivity index (χ1v) is 7.81. The van der Waals surface area contributed by atoms with E-state index in [0.717, 1.165) is 10.5 Å². The van der Waals surface area contributed by atoms with Crippen molar-refractivity contribution in [1.82, 2.24) is 15.5 Å². The van der Waals surface area contributed by atoms with Crippen molar-refractivity contribution < 1.29 is 19.5 Å². The fraction of sp³-hybridized carbons (Fsp3) is 0.471. The van der Waals surface area contributed by atoms with Gasteiger partial charge in [-0.3, -0.25) is 4.79 Å². The molecule has 0 saturated carbocycles. The quantitative estimate of drug-likeness (QED) is 0.702. The van der Waals surface area contributed by atoms with E-state index in [1.54, 1.807) is 13.8 Å². The van der Waals surface area contributed by atoms with Gasteiger partial charge in [0.15, 0.2) is 0 Å². The largest absolute Gasteiger partial charge is 0.480 e. The van der Waals surface area contributed by atoms with Gasteiger partial charge in [0.1, 0.15) is 12.1 Å². The van der Waals surface area contributed by atoms with Gasteiger partial charge in [-0.1, -0.05) is 44.2 Å². The summed E-state index contributed by atoms with van der Waals surface area (Å²) >= 11 is 0. The van der Waals surface area contributed by atoms with Crippen LogP contribution in [0.1, 0.15) is 26.3 Å². The Bertz CT molecular complexity index is 574. The molecule has 0 radical (unpaired) electrons. The van der Waals surface area contributed by atoms with Crippen molar-refractivity contribution in [2.75, 3.05) is 7.05 Å². The van der Waals surface area contributed by atoms with E-state index in [1.807, 2.05) is 30.3 Å². The van der Waals surface area contributed by atoms with E-state index < -0.39 is 30.0 Å². The number of hydrogen-bond donors (Lipinski definition) is 3. The van der Waals surface area contributed by atoms with Crippen LogP contribution in [0.25, 0.3) is 0 Å². The number of benzene rings is 1. The summed E-state index contributed by atoms with van der Waals surface area (Å²) in [6.45, 7) is 5.35. The third kappa shape index (κ3) is 5.57. The molecule has 0 bridgehead atoms. The molecule has 24 heavy (non-hydrogen) atoms. The molecule has 0 saturated heterocycles. The number of likely N-dealkylation sites (N-methyl/N-ethyl adjacent to an activating group) is 1. The highest BCUT2D eigenvalue weighted by atomic mass is 16.4. The number of rotatable bonds is 7. The molecule has 7 nitrogen and oxygen atoms in total. The van der Waals surface area contributed by atoms with Gasteiger partial charge in [0.25, 0.3) is 0 Å². The van der Waals surface area contributed by atoms with Crippen molar-refractivity contribution in [3.8, 4) is 0 Å². The second kappa shape index (κ2) is 8.90. The van der Waals surface area contributed by atoms with Gasteiger partial charge in [-0.15, -0.1) is 0 Å². The maximum atomic E-state index is 12.5. The number of carboxylic acids is 1. The molecule has 0 aromatic heterocycles. The Labute approximate surface area is 142 Å². The lowest BCUT2D eigenvalue weighted by atomic mass is 10.0. The maximum absolute atomic E-state index is 12.5. The van der Waals surface area contributed by atoms with Crippen LogP contribution in [0.2, 0.25) is 0 Å².